The largest absolute Gasteiger partial charge is 0.490 e. The van der Waals surface area contributed by atoms with Gasteiger partial charge in [-0.2, -0.15) is 5.26 Å². The zero-order valence-corrected chi connectivity index (χ0v) is 22.6. The van der Waals surface area contributed by atoms with Crippen LogP contribution in [0.25, 0.3) is 6.08 Å². The van der Waals surface area contributed by atoms with Crippen LogP contribution in [0.3, 0.4) is 0 Å². The van der Waals surface area contributed by atoms with E-state index in [4.69, 9.17) is 9.47 Å². The molecule has 3 aromatic rings. The highest BCUT2D eigenvalue weighted by Gasteiger charge is 2.24. The second-order valence-electron chi connectivity index (χ2n) is 8.10. The normalized spacial score (nSPS) is 10.8. The molecule has 0 bridgehead atoms. The maximum atomic E-state index is 12.8. The fourth-order valence-corrected chi connectivity index (χ4v) is 3.89. The molecular weight excluding hydrogens is 574 g/mol. The Morgan fingerprint density at radius 1 is 1.08 bits per heavy atom. The summed E-state index contributed by atoms with van der Waals surface area (Å²) in [5.74, 6) is -0.642. The number of nitrogens with zero attached hydrogens (tertiary/aromatic N) is 4. The number of nitro groups is 2. The van der Waals surface area contributed by atoms with E-state index in [1.807, 2.05) is 37.2 Å². The Morgan fingerprint density at radius 2 is 1.77 bits per heavy atom. The highest BCUT2D eigenvalue weighted by Crippen LogP contribution is 2.43. The number of hydrogen-bond acceptors (Lipinski definition) is 9. The van der Waals surface area contributed by atoms with E-state index >= 15 is 0 Å². The van der Waals surface area contributed by atoms with E-state index in [0.29, 0.717) is 15.7 Å². The zero-order valence-electron chi connectivity index (χ0n) is 21.0. The summed E-state index contributed by atoms with van der Waals surface area (Å²) in [6.07, 6.45) is 1.36. The molecule has 0 saturated carbocycles. The molecule has 0 radical (unpaired) electrons. The van der Waals surface area contributed by atoms with Crippen LogP contribution >= 0.6 is 15.9 Å². The third-order valence-corrected chi connectivity index (χ3v) is 5.80. The summed E-state index contributed by atoms with van der Waals surface area (Å²) < 4.78 is 11.7. The fraction of sp³-hybridized carbons (Fsp3) is 0.154. The van der Waals surface area contributed by atoms with Crippen molar-refractivity contribution in [3.05, 3.63) is 90.4 Å². The molecule has 0 aliphatic carbocycles. The van der Waals surface area contributed by atoms with E-state index in [0.717, 1.165) is 23.9 Å². The van der Waals surface area contributed by atoms with Crippen LogP contribution in [-0.4, -0.2) is 36.5 Å². The van der Waals surface area contributed by atoms with E-state index < -0.39 is 27.1 Å². The number of nitro benzene ring substituents is 2. The number of hydrogen-bond donors (Lipinski definition) is 1. The lowest BCUT2D eigenvalue weighted by Gasteiger charge is -2.15. The van der Waals surface area contributed by atoms with Crippen molar-refractivity contribution in [2.45, 2.75) is 6.92 Å². The highest BCUT2D eigenvalue weighted by atomic mass is 79.9. The quantitative estimate of drug-likeness (QED) is 0.127. The minimum absolute atomic E-state index is 0.0647. The highest BCUT2D eigenvalue weighted by molar-refractivity contribution is 9.10. The fourth-order valence-electron chi connectivity index (χ4n) is 3.35. The number of nitriles is 1. The monoisotopic (exact) mass is 595 g/mol. The number of carbonyl (C=O) groups excluding carboxylic acids is 1. The Balaban J connectivity index is 1.94. The number of non-ortho nitro benzene ring substituents is 1. The minimum atomic E-state index is -0.792. The SMILES string of the molecule is CCOc1cc(/C=C(/C#N)C(=O)Nc2ccc(N(C)C)cc2)cc(Br)c1Oc1ccc([N+](=O)[O-])cc1[N+](=O)[O-]. The van der Waals surface area contributed by atoms with Crippen LogP contribution in [0.2, 0.25) is 0 Å². The number of amides is 1. The number of nitrogens with one attached hydrogen (secondary N) is 1. The van der Waals surface area contributed by atoms with E-state index in [1.54, 1.807) is 19.1 Å². The van der Waals surface area contributed by atoms with E-state index in [1.165, 1.54) is 18.2 Å². The average Bonchev–Trinajstić information content (AvgIpc) is 2.89. The summed E-state index contributed by atoms with van der Waals surface area (Å²) in [7, 11) is 3.78. The van der Waals surface area contributed by atoms with Crippen LogP contribution in [-0.2, 0) is 4.79 Å². The van der Waals surface area contributed by atoms with Crippen molar-refractivity contribution in [2.24, 2.45) is 0 Å². The molecule has 0 spiro atoms. The van der Waals surface area contributed by atoms with E-state index in [-0.39, 0.29) is 29.4 Å². The Hall–Kier alpha value is -4.96. The number of rotatable bonds is 10. The molecule has 1 amide bonds. The molecule has 0 heterocycles. The van der Waals surface area contributed by atoms with Gasteiger partial charge in [-0.05, 0) is 77.0 Å². The average molecular weight is 596 g/mol. The Kier molecular flexibility index (Phi) is 9.19. The number of halogens is 1. The first kappa shape index (κ1) is 28.6. The van der Waals surface area contributed by atoms with Gasteiger partial charge >= 0.3 is 5.69 Å². The molecule has 200 valence electrons. The first-order valence-electron chi connectivity index (χ1n) is 11.3. The van der Waals surface area contributed by atoms with Crippen molar-refractivity contribution in [3.63, 3.8) is 0 Å². The van der Waals surface area contributed by atoms with E-state index in [9.17, 15) is 30.3 Å². The van der Waals surface area contributed by atoms with Crippen molar-refractivity contribution in [3.8, 4) is 23.3 Å². The lowest BCUT2D eigenvalue weighted by molar-refractivity contribution is -0.394. The summed E-state index contributed by atoms with van der Waals surface area (Å²) in [6.45, 7) is 1.91. The Morgan fingerprint density at radius 3 is 2.33 bits per heavy atom. The molecule has 13 heteroatoms. The second-order valence-corrected chi connectivity index (χ2v) is 8.95. The first-order valence-corrected chi connectivity index (χ1v) is 12.1. The molecule has 0 aliphatic heterocycles. The van der Waals surface area contributed by atoms with Gasteiger partial charge in [-0.3, -0.25) is 25.0 Å². The van der Waals surface area contributed by atoms with Crippen LogP contribution in [0, 0.1) is 31.6 Å². The van der Waals surface area contributed by atoms with Gasteiger partial charge in [-0.1, -0.05) is 0 Å². The van der Waals surface area contributed by atoms with Gasteiger partial charge in [0.05, 0.1) is 27.0 Å². The lowest BCUT2D eigenvalue weighted by Crippen LogP contribution is -2.14. The third-order valence-electron chi connectivity index (χ3n) is 5.21. The van der Waals surface area contributed by atoms with Crippen molar-refractivity contribution in [2.75, 3.05) is 30.9 Å². The molecule has 0 saturated heterocycles. The van der Waals surface area contributed by atoms with Crippen LogP contribution in [0.15, 0.2) is 64.6 Å². The zero-order chi connectivity index (χ0) is 28.7. The maximum Gasteiger partial charge on any atom is 0.318 e. The lowest BCUT2D eigenvalue weighted by atomic mass is 10.1. The van der Waals surface area contributed by atoms with Gasteiger partial charge in [-0.15, -0.1) is 0 Å². The summed E-state index contributed by atoms with van der Waals surface area (Å²) in [4.78, 5) is 35.7. The standard InChI is InChI=1S/C26H22BrN5O7/c1-4-38-24-13-16(11-17(15-28)26(33)29-18-5-7-19(8-6-18)30(2)3)12-21(27)25(24)39-23-10-9-20(31(34)35)14-22(23)32(36)37/h5-14H,4H2,1-3H3,(H,29,33)/b17-11-. The maximum absolute atomic E-state index is 12.8. The molecule has 1 N–H and O–H groups in total. The van der Waals surface area contributed by atoms with Gasteiger partial charge < -0.3 is 19.7 Å². The third kappa shape index (κ3) is 7.08. The molecule has 39 heavy (non-hydrogen) atoms. The van der Waals surface area contributed by atoms with Crippen molar-refractivity contribution in [1.82, 2.24) is 0 Å². The number of benzene rings is 3. The minimum Gasteiger partial charge on any atom is -0.490 e. The Labute approximate surface area is 231 Å². The summed E-state index contributed by atoms with van der Waals surface area (Å²) in [6, 6.07) is 15.0. The van der Waals surface area contributed by atoms with Gasteiger partial charge in [0.2, 0.25) is 5.75 Å². The van der Waals surface area contributed by atoms with Crippen molar-refractivity contribution < 1.29 is 24.1 Å². The molecule has 12 nitrogen and oxygen atoms in total. The Bertz CT molecular complexity index is 1500. The summed E-state index contributed by atoms with van der Waals surface area (Å²) in [5, 5.41) is 34.8. The van der Waals surface area contributed by atoms with Crippen LogP contribution < -0.4 is 19.7 Å². The van der Waals surface area contributed by atoms with Gasteiger partial charge in [-0.25, -0.2) is 0 Å². The topological polar surface area (TPSA) is 161 Å². The molecule has 3 rings (SSSR count). The second kappa shape index (κ2) is 12.5. The summed E-state index contributed by atoms with van der Waals surface area (Å²) in [5.41, 5.74) is 0.612. The van der Waals surface area contributed by atoms with Crippen LogP contribution in [0.4, 0.5) is 22.7 Å². The summed E-state index contributed by atoms with van der Waals surface area (Å²) >= 11 is 3.35. The predicted molar refractivity (Wildman–Crippen MR) is 148 cm³/mol. The van der Waals surface area contributed by atoms with Crippen LogP contribution in [0.5, 0.6) is 17.2 Å². The van der Waals surface area contributed by atoms with Crippen molar-refractivity contribution in [1.29, 1.82) is 5.26 Å². The molecular formula is C26H22BrN5O7. The van der Waals surface area contributed by atoms with Gasteiger partial charge in [0, 0.05) is 31.5 Å². The van der Waals surface area contributed by atoms with Gasteiger partial charge in [0.1, 0.15) is 11.6 Å². The molecule has 0 fully saturated rings. The van der Waals surface area contributed by atoms with Crippen molar-refractivity contribution >= 4 is 50.7 Å². The predicted octanol–water partition coefficient (Wildman–Crippen LogP) is 6.07. The smallest absolute Gasteiger partial charge is 0.318 e. The van der Waals surface area contributed by atoms with E-state index in [2.05, 4.69) is 21.2 Å². The molecule has 3 aromatic carbocycles. The number of anilines is 2. The first-order chi connectivity index (χ1) is 18.5. The molecule has 0 aliphatic rings. The number of carbonyl (C=O) groups is 1. The van der Waals surface area contributed by atoms with Crippen LogP contribution in [0.1, 0.15) is 12.5 Å². The van der Waals surface area contributed by atoms with Gasteiger partial charge in [0.25, 0.3) is 11.6 Å². The molecule has 0 aromatic heterocycles. The van der Waals surface area contributed by atoms with Gasteiger partial charge in [0.15, 0.2) is 11.5 Å². The molecule has 0 unspecified atom stereocenters. The molecule has 0 atom stereocenters. The number of ether oxygens (including phenoxy) is 2.